The van der Waals surface area contributed by atoms with Gasteiger partial charge in [0.2, 0.25) is 5.95 Å². The molecule has 11 heteroatoms. The molecule has 3 heterocycles. The predicted molar refractivity (Wildman–Crippen MR) is 140 cm³/mol. The first-order chi connectivity index (χ1) is 16.9. The van der Waals surface area contributed by atoms with Gasteiger partial charge >= 0.3 is 12.0 Å². The molecule has 2 radical (unpaired) electrons. The molecule has 2 aromatic heterocycles. The number of urea groups is 1. The first-order valence-electron chi connectivity index (χ1n) is 11.9. The van der Waals surface area contributed by atoms with Crippen LogP contribution in [0.5, 0.6) is 0 Å². The van der Waals surface area contributed by atoms with Crippen LogP contribution in [0.25, 0.3) is 21.3 Å². The van der Waals surface area contributed by atoms with Crippen molar-refractivity contribution in [2.75, 3.05) is 36.5 Å². The number of nitrogens with zero attached hydrogens (tertiary/aromatic N) is 4. The van der Waals surface area contributed by atoms with E-state index in [0.29, 0.717) is 48.3 Å². The Bertz CT molecular complexity index is 1210. The zero-order chi connectivity index (χ0) is 25.0. The number of ether oxygens (including phenoxy) is 1. The summed E-state index contributed by atoms with van der Waals surface area (Å²) in [5.74, 6) is 0.538. The van der Waals surface area contributed by atoms with E-state index in [1.807, 2.05) is 32.9 Å². The number of carbonyl (C=O) groups is 2. The van der Waals surface area contributed by atoms with Gasteiger partial charge in [-0.2, -0.15) is 0 Å². The molecule has 1 saturated heterocycles. The molecule has 1 aromatic carbocycles. The van der Waals surface area contributed by atoms with Gasteiger partial charge < -0.3 is 15.0 Å². The molecular weight excluding hydrogens is 463 g/mol. The SMILES string of the molecule is [B]c1cc(-c2cnc(N3CCC(CC)(C(=O)OCC)CC3)nc2)cc2nc(NC(=O)NCC)sc12. The van der Waals surface area contributed by atoms with Crippen LogP contribution in [0.1, 0.15) is 40.0 Å². The van der Waals surface area contributed by atoms with Crippen LogP contribution in [0.4, 0.5) is 15.9 Å². The number of thiazole rings is 1. The molecule has 9 nitrogen and oxygen atoms in total. The average Bonchev–Trinajstić information content (AvgIpc) is 3.27. The zero-order valence-corrected chi connectivity index (χ0v) is 21.1. The topological polar surface area (TPSA) is 109 Å². The largest absolute Gasteiger partial charge is 0.466 e. The third kappa shape index (κ3) is 5.24. The molecule has 1 fully saturated rings. The van der Waals surface area contributed by atoms with Crippen molar-refractivity contribution in [3.63, 3.8) is 0 Å². The molecule has 3 aromatic rings. The van der Waals surface area contributed by atoms with Crippen LogP contribution in [-0.2, 0) is 9.53 Å². The summed E-state index contributed by atoms with van der Waals surface area (Å²) in [6.07, 6.45) is 5.75. The van der Waals surface area contributed by atoms with E-state index in [4.69, 9.17) is 12.6 Å². The zero-order valence-electron chi connectivity index (χ0n) is 20.3. The molecule has 2 N–H and O–H groups in total. The third-order valence-corrected chi connectivity index (χ3v) is 7.47. The Labute approximate surface area is 210 Å². The minimum absolute atomic E-state index is 0.0993. The summed E-state index contributed by atoms with van der Waals surface area (Å²) in [5.41, 5.74) is 2.53. The number of piperidine rings is 1. The van der Waals surface area contributed by atoms with Crippen LogP contribution in [0.2, 0.25) is 0 Å². The van der Waals surface area contributed by atoms with Crippen molar-refractivity contribution in [1.29, 1.82) is 0 Å². The molecule has 182 valence electrons. The molecule has 4 rings (SSSR count). The van der Waals surface area contributed by atoms with E-state index in [-0.39, 0.29) is 12.0 Å². The van der Waals surface area contributed by atoms with Crippen LogP contribution >= 0.6 is 11.3 Å². The van der Waals surface area contributed by atoms with Crippen molar-refractivity contribution in [2.45, 2.75) is 40.0 Å². The summed E-state index contributed by atoms with van der Waals surface area (Å²) >= 11 is 1.33. The first kappa shape index (κ1) is 24.9. The normalized spacial score (nSPS) is 15.1. The molecule has 35 heavy (non-hydrogen) atoms. The highest BCUT2D eigenvalue weighted by Crippen LogP contribution is 2.37. The van der Waals surface area contributed by atoms with Gasteiger partial charge in [-0.3, -0.25) is 10.1 Å². The standard InChI is InChI=1S/C24H29BN6O3S/c1-4-24(20(32)34-6-3)7-9-31(10-8-24)21-27-13-16(14-28-21)15-11-17(25)19-18(12-15)29-23(35-19)30-22(33)26-5-2/h11-14H,4-10H2,1-3H3,(H2,26,29,30,33). The van der Waals surface area contributed by atoms with Gasteiger partial charge in [0.15, 0.2) is 5.13 Å². The summed E-state index contributed by atoms with van der Waals surface area (Å²) in [6, 6.07) is 3.48. The number of hydrogen-bond acceptors (Lipinski definition) is 8. The Balaban J connectivity index is 1.48. The second-order valence-electron chi connectivity index (χ2n) is 8.53. The van der Waals surface area contributed by atoms with E-state index in [9.17, 15) is 9.59 Å². The van der Waals surface area contributed by atoms with E-state index in [1.165, 1.54) is 11.3 Å². The number of carbonyl (C=O) groups excluding carboxylic acids is 2. The van der Waals surface area contributed by atoms with Crippen LogP contribution in [0.3, 0.4) is 0 Å². The number of fused-ring (bicyclic) bond motifs is 1. The Morgan fingerprint density at radius 2 is 1.86 bits per heavy atom. The number of anilines is 2. The molecule has 1 aliphatic heterocycles. The van der Waals surface area contributed by atoms with Gasteiger partial charge in [-0.05, 0) is 44.7 Å². The van der Waals surface area contributed by atoms with Crippen LogP contribution < -0.4 is 21.0 Å². The number of aromatic nitrogens is 3. The van der Waals surface area contributed by atoms with E-state index in [2.05, 4.69) is 30.5 Å². The summed E-state index contributed by atoms with van der Waals surface area (Å²) in [6.45, 7) is 8.06. The second-order valence-corrected chi connectivity index (χ2v) is 9.53. The number of esters is 1. The Hall–Kier alpha value is -3.21. The lowest BCUT2D eigenvalue weighted by molar-refractivity contribution is -0.157. The van der Waals surface area contributed by atoms with Gasteiger partial charge in [-0.15, -0.1) is 0 Å². The molecule has 0 unspecified atom stereocenters. The predicted octanol–water partition coefficient (Wildman–Crippen LogP) is 3.25. The van der Waals surface area contributed by atoms with Crippen molar-refractivity contribution >= 4 is 57.9 Å². The summed E-state index contributed by atoms with van der Waals surface area (Å²) in [5, 5.41) is 5.90. The molecule has 0 atom stereocenters. The van der Waals surface area contributed by atoms with Crippen LogP contribution in [0, 0.1) is 5.41 Å². The fourth-order valence-corrected chi connectivity index (χ4v) is 5.20. The van der Waals surface area contributed by atoms with Crippen molar-refractivity contribution < 1.29 is 14.3 Å². The lowest BCUT2D eigenvalue weighted by Crippen LogP contribution is -2.45. The number of rotatable bonds is 7. The van der Waals surface area contributed by atoms with E-state index in [1.54, 1.807) is 12.4 Å². The van der Waals surface area contributed by atoms with Gasteiger partial charge in [0.05, 0.1) is 17.5 Å². The van der Waals surface area contributed by atoms with Gasteiger partial charge in [-0.25, -0.2) is 19.7 Å². The summed E-state index contributed by atoms with van der Waals surface area (Å²) in [7, 11) is 6.28. The highest BCUT2D eigenvalue weighted by molar-refractivity contribution is 7.23. The van der Waals surface area contributed by atoms with Crippen LogP contribution in [0.15, 0.2) is 24.5 Å². The maximum absolute atomic E-state index is 12.5. The molecule has 0 bridgehead atoms. The van der Waals surface area contributed by atoms with E-state index < -0.39 is 5.41 Å². The Morgan fingerprint density at radius 1 is 1.14 bits per heavy atom. The smallest absolute Gasteiger partial charge is 0.321 e. The van der Waals surface area contributed by atoms with E-state index >= 15 is 0 Å². The number of amides is 2. The minimum Gasteiger partial charge on any atom is -0.466 e. The van der Waals surface area contributed by atoms with Crippen molar-refractivity contribution in [3.05, 3.63) is 24.5 Å². The van der Waals surface area contributed by atoms with Crippen molar-refractivity contribution in [3.8, 4) is 11.1 Å². The Kier molecular flexibility index (Phi) is 7.54. The molecule has 2 amide bonds. The van der Waals surface area contributed by atoms with Crippen molar-refractivity contribution in [2.24, 2.45) is 5.41 Å². The Morgan fingerprint density at radius 3 is 2.49 bits per heavy atom. The van der Waals surface area contributed by atoms with Crippen molar-refractivity contribution in [1.82, 2.24) is 20.3 Å². The maximum atomic E-state index is 12.5. The first-order valence-corrected chi connectivity index (χ1v) is 12.7. The average molecular weight is 492 g/mol. The molecule has 0 spiro atoms. The minimum atomic E-state index is -0.419. The number of nitrogens with one attached hydrogen (secondary N) is 2. The van der Waals surface area contributed by atoms with E-state index in [0.717, 1.165) is 35.1 Å². The lowest BCUT2D eigenvalue weighted by Gasteiger charge is -2.39. The van der Waals surface area contributed by atoms with Gasteiger partial charge in [0, 0.05) is 42.3 Å². The second kappa shape index (κ2) is 10.6. The van der Waals surface area contributed by atoms with Gasteiger partial charge in [-0.1, -0.05) is 29.8 Å². The molecule has 0 saturated carbocycles. The summed E-state index contributed by atoms with van der Waals surface area (Å²) < 4.78 is 6.14. The molecular formula is C24H29BN6O3S. The van der Waals surface area contributed by atoms with Gasteiger partial charge in [0.25, 0.3) is 0 Å². The fourth-order valence-electron chi connectivity index (χ4n) is 4.34. The van der Waals surface area contributed by atoms with Crippen LogP contribution in [-0.4, -0.2) is 61.0 Å². The molecule has 0 aliphatic carbocycles. The fraction of sp³-hybridized carbons (Fsp3) is 0.458. The number of hydrogen-bond donors (Lipinski definition) is 2. The highest BCUT2D eigenvalue weighted by Gasteiger charge is 2.41. The quantitative estimate of drug-likeness (QED) is 0.385. The maximum Gasteiger partial charge on any atom is 0.321 e. The number of benzene rings is 1. The highest BCUT2D eigenvalue weighted by atomic mass is 32.1. The summed E-state index contributed by atoms with van der Waals surface area (Å²) in [4.78, 5) is 40.1. The van der Waals surface area contributed by atoms with Gasteiger partial charge in [0.1, 0.15) is 7.85 Å². The lowest BCUT2D eigenvalue weighted by atomic mass is 9.76. The monoisotopic (exact) mass is 492 g/mol. The third-order valence-electron chi connectivity index (χ3n) is 6.44. The molecule has 1 aliphatic rings.